The molecule has 3 rings (SSSR count). The largest absolute Gasteiger partial charge is 0.486 e. The average Bonchev–Trinajstić information content (AvgIpc) is 3.15. The monoisotopic (exact) mass is 388 g/mol. The van der Waals surface area contributed by atoms with Gasteiger partial charge in [0.05, 0.1) is 5.71 Å². The summed E-state index contributed by atoms with van der Waals surface area (Å²) in [5.74, 6) is -3.59. The molecule has 1 amide bonds. The highest BCUT2D eigenvalue weighted by Crippen LogP contribution is 2.25. The zero-order chi connectivity index (χ0) is 20.1. The van der Waals surface area contributed by atoms with Gasteiger partial charge >= 0.3 is 0 Å². The van der Waals surface area contributed by atoms with E-state index in [0.29, 0.717) is 6.42 Å². The van der Waals surface area contributed by atoms with Gasteiger partial charge in [-0.05, 0) is 36.1 Å². The maximum atomic E-state index is 14.2. The van der Waals surface area contributed by atoms with Crippen LogP contribution in [0.25, 0.3) is 0 Å². The van der Waals surface area contributed by atoms with Gasteiger partial charge in [0, 0.05) is 6.42 Å². The summed E-state index contributed by atoms with van der Waals surface area (Å²) in [6.45, 7) is 2.16. The van der Waals surface area contributed by atoms with E-state index < -0.39 is 29.2 Å². The number of halogens is 2. The second-order valence-corrected chi connectivity index (χ2v) is 6.68. The molecule has 0 radical (unpaired) electrons. The average molecular weight is 388 g/mol. The number of unbranched alkanes of at least 4 members (excludes halogenated alkanes) is 1. The number of benzene rings is 2. The minimum absolute atomic E-state index is 0.00232. The predicted molar refractivity (Wildman–Crippen MR) is 101 cm³/mol. The van der Waals surface area contributed by atoms with Crippen LogP contribution in [0.4, 0.5) is 8.78 Å². The second-order valence-electron chi connectivity index (χ2n) is 6.68. The number of nitrogens with two attached hydrogens (primary N) is 1. The van der Waals surface area contributed by atoms with Gasteiger partial charge in [-0.15, -0.1) is 0 Å². The number of carbonyl (C=O) groups excluding carboxylic acids is 1. The van der Waals surface area contributed by atoms with Crippen molar-refractivity contribution in [1.29, 1.82) is 0 Å². The molecule has 0 saturated carbocycles. The van der Waals surface area contributed by atoms with Gasteiger partial charge in [0.1, 0.15) is 18.0 Å². The summed E-state index contributed by atoms with van der Waals surface area (Å²) < 4.78 is 33.1. The van der Waals surface area contributed by atoms with E-state index in [-0.39, 0.29) is 12.4 Å². The van der Waals surface area contributed by atoms with E-state index in [0.717, 1.165) is 42.7 Å². The van der Waals surface area contributed by atoms with Crippen LogP contribution in [0.15, 0.2) is 41.6 Å². The van der Waals surface area contributed by atoms with Crippen LogP contribution in [-0.4, -0.2) is 24.3 Å². The van der Waals surface area contributed by atoms with Crippen LogP contribution >= 0.6 is 0 Å². The Morgan fingerprint density at radius 3 is 2.68 bits per heavy atom. The zero-order valence-corrected chi connectivity index (χ0v) is 15.6. The van der Waals surface area contributed by atoms with E-state index >= 15 is 0 Å². The number of oxime groups is 1. The van der Waals surface area contributed by atoms with Crippen LogP contribution in [0.2, 0.25) is 0 Å². The van der Waals surface area contributed by atoms with Crippen LogP contribution in [0.1, 0.15) is 47.7 Å². The topological polar surface area (TPSA) is 73.9 Å². The molecule has 0 spiro atoms. The first-order chi connectivity index (χ1) is 13.5. The molecule has 0 bridgehead atoms. The fourth-order valence-electron chi connectivity index (χ4n) is 2.99. The van der Waals surface area contributed by atoms with Gasteiger partial charge < -0.3 is 15.3 Å². The molecule has 1 aliphatic heterocycles. The molecule has 0 aliphatic carbocycles. The molecule has 2 aromatic carbocycles. The van der Waals surface area contributed by atoms with E-state index in [1.807, 2.05) is 12.1 Å². The quantitative estimate of drug-likeness (QED) is 0.743. The molecule has 2 N–H and O–H groups in total. The SMILES string of the molecule is CCCCc1ccc(C2=NOC(COc3ccc(F)c(C(N)=O)c3F)C2)cc1. The van der Waals surface area contributed by atoms with E-state index in [4.69, 9.17) is 15.3 Å². The van der Waals surface area contributed by atoms with Crippen molar-refractivity contribution in [3.8, 4) is 5.75 Å². The zero-order valence-electron chi connectivity index (χ0n) is 15.6. The third kappa shape index (κ3) is 4.47. The molecule has 1 atom stereocenters. The number of primary amides is 1. The summed E-state index contributed by atoms with van der Waals surface area (Å²) in [5, 5.41) is 4.08. The Kier molecular flexibility index (Phi) is 6.23. The van der Waals surface area contributed by atoms with Crippen molar-refractivity contribution in [3.63, 3.8) is 0 Å². The summed E-state index contributed by atoms with van der Waals surface area (Å²) >= 11 is 0. The molecule has 0 saturated heterocycles. The summed E-state index contributed by atoms with van der Waals surface area (Å²) in [6.07, 6.45) is 3.45. The first kappa shape index (κ1) is 19.8. The van der Waals surface area contributed by atoms with Crippen molar-refractivity contribution < 1.29 is 23.1 Å². The number of rotatable bonds is 8. The van der Waals surface area contributed by atoms with Crippen molar-refractivity contribution >= 4 is 11.6 Å². The number of aryl methyl sites for hydroxylation is 1. The number of nitrogens with zero attached hydrogens (tertiary/aromatic N) is 1. The molecular weight excluding hydrogens is 366 g/mol. The number of hydrogen-bond donors (Lipinski definition) is 1. The normalized spacial score (nSPS) is 15.8. The molecule has 0 aromatic heterocycles. The first-order valence-electron chi connectivity index (χ1n) is 9.22. The Hall–Kier alpha value is -2.96. The maximum absolute atomic E-state index is 14.2. The van der Waals surface area contributed by atoms with Crippen LogP contribution in [0.5, 0.6) is 5.75 Å². The van der Waals surface area contributed by atoms with Gasteiger partial charge in [0.25, 0.3) is 5.91 Å². The Bertz CT molecular complexity index is 882. The summed E-state index contributed by atoms with van der Waals surface area (Å²) in [7, 11) is 0. The fraction of sp³-hybridized carbons (Fsp3) is 0.333. The van der Waals surface area contributed by atoms with Gasteiger partial charge in [-0.1, -0.05) is 42.8 Å². The lowest BCUT2D eigenvalue weighted by molar-refractivity contribution is 0.0458. The lowest BCUT2D eigenvalue weighted by atomic mass is 10.0. The van der Waals surface area contributed by atoms with Crippen molar-refractivity contribution in [2.45, 2.75) is 38.7 Å². The Morgan fingerprint density at radius 1 is 1.25 bits per heavy atom. The lowest BCUT2D eigenvalue weighted by Crippen LogP contribution is -2.20. The smallest absolute Gasteiger partial charge is 0.254 e. The minimum Gasteiger partial charge on any atom is -0.486 e. The fourth-order valence-corrected chi connectivity index (χ4v) is 2.99. The standard InChI is InChI=1S/C21H22F2N2O3/c1-2-3-4-13-5-7-14(8-6-13)17-11-15(28-25-17)12-27-18-10-9-16(22)19(20(18)23)21(24)26/h5-10,15H,2-4,11-12H2,1H3,(H2,24,26). The number of ether oxygens (including phenoxy) is 1. The van der Waals surface area contributed by atoms with Crippen LogP contribution in [0, 0.1) is 11.6 Å². The van der Waals surface area contributed by atoms with E-state index in [9.17, 15) is 13.6 Å². The number of hydrogen-bond acceptors (Lipinski definition) is 4. The minimum atomic E-state index is -1.19. The highest BCUT2D eigenvalue weighted by Gasteiger charge is 2.25. The molecule has 1 heterocycles. The molecular formula is C21H22F2N2O3. The molecule has 2 aromatic rings. The molecule has 5 nitrogen and oxygen atoms in total. The van der Waals surface area contributed by atoms with Crippen molar-refractivity contribution in [3.05, 3.63) is 64.7 Å². The van der Waals surface area contributed by atoms with E-state index in [1.165, 1.54) is 5.56 Å². The van der Waals surface area contributed by atoms with Gasteiger partial charge in [0.15, 0.2) is 17.7 Å². The highest BCUT2D eigenvalue weighted by molar-refractivity contribution is 6.01. The molecule has 28 heavy (non-hydrogen) atoms. The Balaban J connectivity index is 1.58. The summed E-state index contributed by atoms with van der Waals surface area (Å²) in [6, 6.07) is 10.2. The highest BCUT2D eigenvalue weighted by atomic mass is 19.1. The van der Waals surface area contributed by atoms with Gasteiger partial charge in [-0.25, -0.2) is 8.78 Å². The van der Waals surface area contributed by atoms with Gasteiger partial charge in [-0.2, -0.15) is 0 Å². The number of amides is 1. The van der Waals surface area contributed by atoms with Crippen LogP contribution in [0.3, 0.4) is 0 Å². The molecule has 7 heteroatoms. The third-order valence-electron chi connectivity index (χ3n) is 4.57. The van der Waals surface area contributed by atoms with Gasteiger partial charge in [-0.3, -0.25) is 4.79 Å². The number of carbonyl (C=O) groups is 1. The lowest BCUT2D eigenvalue weighted by Gasteiger charge is -2.12. The van der Waals surface area contributed by atoms with Crippen molar-refractivity contribution in [1.82, 2.24) is 0 Å². The predicted octanol–water partition coefficient (Wildman–Crippen LogP) is 3.98. The van der Waals surface area contributed by atoms with Crippen LogP contribution < -0.4 is 10.5 Å². The Labute approximate surface area is 162 Å². The molecule has 148 valence electrons. The van der Waals surface area contributed by atoms with Crippen molar-refractivity contribution in [2.24, 2.45) is 10.9 Å². The summed E-state index contributed by atoms with van der Waals surface area (Å²) in [5.41, 5.74) is 7.22. The first-order valence-corrected chi connectivity index (χ1v) is 9.22. The van der Waals surface area contributed by atoms with E-state index in [2.05, 4.69) is 24.2 Å². The third-order valence-corrected chi connectivity index (χ3v) is 4.57. The van der Waals surface area contributed by atoms with Crippen molar-refractivity contribution in [2.75, 3.05) is 6.61 Å². The van der Waals surface area contributed by atoms with E-state index in [1.54, 1.807) is 0 Å². The second kappa shape index (κ2) is 8.82. The molecule has 1 aliphatic rings. The van der Waals surface area contributed by atoms with Gasteiger partial charge in [0.2, 0.25) is 0 Å². The molecule has 0 fully saturated rings. The summed E-state index contributed by atoms with van der Waals surface area (Å²) in [4.78, 5) is 16.5. The maximum Gasteiger partial charge on any atom is 0.254 e. The Morgan fingerprint density at radius 2 is 2.00 bits per heavy atom. The molecule has 1 unspecified atom stereocenters. The van der Waals surface area contributed by atoms with Crippen LogP contribution in [-0.2, 0) is 11.3 Å².